The van der Waals surface area contributed by atoms with Crippen molar-refractivity contribution >= 4 is 39.1 Å². The first-order valence-electron chi connectivity index (χ1n) is 10.8. The molecule has 2 aromatic rings. The van der Waals surface area contributed by atoms with Crippen LogP contribution in [0.4, 0.5) is 5.69 Å². The van der Waals surface area contributed by atoms with Crippen molar-refractivity contribution in [3.05, 3.63) is 52.0 Å². The Hall–Kier alpha value is -2.62. The molecule has 0 aromatic heterocycles. The summed E-state index contributed by atoms with van der Waals surface area (Å²) in [6.07, 6.45) is 1.04. The fourth-order valence-electron chi connectivity index (χ4n) is 4.12. The Morgan fingerprint density at radius 3 is 2.55 bits per heavy atom. The zero-order valence-electron chi connectivity index (χ0n) is 18.6. The number of hydrogen-bond acceptors (Lipinski definition) is 5. The van der Waals surface area contributed by atoms with Gasteiger partial charge >= 0.3 is 0 Å². The molecule has 1 saturated heterocycles. The lowest BCUT2D eigenvalue weighted by atomic mass is 10.0. The van der Waals surface area contributed by atoms with Crippen molar-refractivity contribution in [2.75, 3.05) is 38.1 Å². The highest BCUT2D eigenvalue weighted by Gasteiger charge is 2.33. The molecule has 0 spiro atoms. The number of piperazine rings is 1. The highest BCUT2D eigenvalue weighted by Crippen LogP contribution is 2.37. The van der Waals surface area contributed by atoms with E-state index in [1.54, 1.807) is 4.90 Å². The molecule has 0 atom stereocenters. The number of carbonyl (C=O) groups excluding carboxylic acids is 2. The van der Waals surface area contributed by atoms with Gasteiger partial charge in [0, 0.05) is 38.7 Å². The highest BCUT2D eigenvalue weighted by atomic mass is 35.5. The lowest BCUT2D eigenvalue weighted by molar-refractivity contribution is -0.132. The molecular formula is C23H26ClN3O5S. The number of benzene rings is 2. The summed E-state index contributed by atoms with van der Waals surface area (Å²) in [7, 11) is -3.88. The van der Waals surface area contributed by atoms with Crippen LogP contribution in [-0.2, 0) is 26.0 Å². The summed E-state index contributed by atoms with van der Waals surface area (Å²) in [5.74, 6) is -0.0479. The highest BCUT2D eigenvalue weighted by molar-refractivity contribution is 7.89. The SMILES string of the molecule is Cc1ccc(CCC(=O)N2CCN(S(=O)(=O)c3cc4c(cc3Cl)NC(=O)CO4)CC2)c(C)c1. The maximum Gasteiger partial charge on any atom is 0.262 e. The summed E-state index contributed by atoms with van der Waals surface area (Å²) in [5.41, 5.74) is 3.85. The number of carbonyl (C=O) groups is 2. The average molecular weight is 492 g/mol. The quantitative estimate of drug-likeness (QED) is 0.693. The van der Waals surface area contributed by atoms with Gasteiger partial charge < -0.3 is 15.0 Å². The van der Waals surface area contributed by atoms with Crippen LogP contribution < -0.4 is 10.1 Å². The Balaban J connectivity index is 1.39. The van der Waals surface area contributed by atoms with Crippen molar-refractivity contribution in [1.82, 2.24) is 9.21 Å². The molecule has 2 heterocycles. The first-order valence-corrected chi connectivity index (χ1v) is 12.6. The van der Waals surface area contributed by atoms with Crippen molar-refractivity contribution in [2.45, 2.75) is 31.6 Å². The zero-order valence-corrected chi connectivity index (χ0v) is 20.1. The second-order valence-corrected chi connectivity index (χ2v) is 10.6. The van der Waals surface area contributed by atoms with Crippen molar-refractivity contribution < 1.29 is 22.7 Å². The lowest BCUT2D eigenvalue weighted by Crippen LogP contribution is -2.50. The molecule has 2 aromatic carbocycles. The van der Waals surface area contributed by atoms with E-state index < -0.39 is 10.0 Å². The molecule has 176 valence electrons. The molecule has 0 radical (unpaired) electrons. The van der Waals surface area contributed by atoms with Gasteiger partial charge in [-0.15, -0.1) is 0 Å². The van der Waals surface area contributed by atoms with Gasteiger partial charge in [0.15, 0.2) is 6.61 Å². The first kappa shape index (κ1) is 23.5. The number of aryl methyl sites for hydroxylation is 3. The van der Waals surface area contributed by atoms with E-state index in [1.165, 1.54) is 27.6 Å². The lowest BCUT2D eigenvalue weighted by Gasteiger charge is -2.34. The van der Waals surface area contributed by atoms with Gasteiger partial charge in [-0.25, -0.2) is 8.42 Å². The molecule has 0 saturated carbocycles. The van der Waals surface area contributed by atoms with Gasteiger partial charge in [-0.05, 0) is 37.5 Å². The molecule has 4 rings (SSSR count). The third-order valence-electron chi connectivity index (χ3n) is 5.98. The zero-order chi connectivity index (χ0) is 23.8. The molecule has 2 aliphatic rings. The van der Waals surface area contributed by atoms with Crippen LogP contribution in [0.3, 0.4) is 0 Å². The van der Waals surface area contributed by atoms with Crippen molar-refractivity contribution in [1.29, 1.82) is 0 Å². The number of rotatable bonds is 5. The second kappa shape index (κ2) is 9.32. The van der Waals surface area contributed by atoms with Gasteiger partial charge in [0.2, 0.25) is 15.9 Å². The summed E-state index contributed by atoms with van der Waals surface area (Å²) in [6.45, 7) is 4.90. The van der Waals surface area contributed by atoms with Crippen LogP contribution in [0.1, 0.15) is 23.1 Å². The molecular weight excluding hydrogens is 466 g/mol. The standard InChI is InChI=1S/C23H26ClN3O5S/c1-15-3-4-17(16(2)11-15)5-6-23(29)26-7-9-27(10-8-26)33(30,31)21-13-20-19(12-18(21)24)25-22(28)14-32-20/h3-4,11-13H,5-10,14H2,1-2H3,(H,25,28). The Bertz CT molecular complexity index is 1210. The molecule has 10 heteroatoms. The van der Waals surface area contributed by atoms with Crippen LogP contribution in [0.15, 0.2) is 35.2 Å². The number of sulfonamides is 1. The summed E-state index contributed by atoms with van der Waals surface area (Å²) in [5, 5.41) is 2.61. The van der Waals surface area contributed by atoms with E-state index in [9.17, 15) is 18.0 Å². The largest absolute Gasteiger partial charge is 0.482 e. The summed E-state index contributed by atoms with van der Waals surface area (Å²) in [6, 6.07) is 8.93. The van der Waals surface area contributed by atoms with E-state index in [0.29, 0.717) is 31.6 Å². The third kappa shape index (κ3) is 5.00. The maximum absolute atomic E-state index is 13.2. The van der Waals surface area contributed by atoms with Gasteiger partial charge in [-0.3, -0.25) is 9.59 Å². The van der Waals surface area contributed by atoms with E-state index in [-0.39, 0.29) is 47.2 Å². The Labute approximate surface area is 198 Å². The molecule has 0 unspecified atom stereocenters. The van der Waals surface area contributed by atoms with Crippen LogP contribution >= 0.6 is 11.6 Å². The van der Waals surface area contributed by atoms with E-state index >= 15 is 0 Å². The Morgan fingerprint density at radius 2 is 1.85 bits per heavy atom. The monoisotopic (exact) mass is 491 g/mol. The van der Waals surface area contributed by atoms with Gasteiger partial charge in [0.1, 0.15) is 10.6 Å². The maximum atomic E-state index is 13.2. The minimum Gasteiger partial charge on any atom is -0.482 e. The number of ether oxygens (including phenoxy) is 1. The van der Waals surface area contributed by atoms with Gasteiger partial charge in [-0.2, -0.15) is 4.31 Å². The van der Waals surface area contributed by atoms with Crippen LogP contribution in [0, 0.1) is 13.8 Å². The molecule has 0 aliphatic carbocycles. The Morgan fingerprint density at radius 1 is 1.12 bits per heavy atom. The normalized spacial score (nSPS) is 16.7. The first-order chi connectivity index (χ1) is 15.6. The second-order valence-electron chi connectivity index (χ2n) is 8.33. The van der Waals surface area contributed by atoms with Crippen molar-refractivity contribution in [3.8, 4) is 5.75 Å². The number of halogens is 1. The predicted molar refractivity (Wildman–Crippen MR) is 125 cm³/mol. The van der Waals surface area contributed by atoms with Crippen LogP contribution in [0.2, 0.25) is 5.02 Å². The van der Waals surface area contributed by atoms with Gasteiger partial charge in [-0.1, -0.05) is 35.4 Å². The summed E-state index contributed by atoms with van der Waals surface area (Å²) >= 11 is 6.24. The Kier molecular flexibility index (Phi) is 6.65. The van der Waals surface area contributed by atoms with E-state index in [2.05, 4.69) is 17.4 Å². The molecule has 1 fully saturated rings. The number of nitrogens with one attached hydrogen (secondary N) is 1. The number of nitrogens with zero attached hydrogens (tertiary/aromatic N) is 2. The van der Waals surface area contributed by atoms with Crippen molar-refractivity contribution in [3.63, 3.8) is 0 Å². The van der Waals surface area contributed by atoms with E-state index in [0.717, 1.165) is 5.56 Å². The molecule has 2 amide bonds. The van der Waals surface area contributed by atoms with Crippen LogP contribution in [0.25, 0.3) is 0 Å². The molecule has 1 N–H and O–H groups in total. The number of amides is 2. The van der Waals surface area contributed by atoms with Crippen LogP contribution in [0.5, 0.6) is 5.75 Å². The number of anilines is 1. The fraction of sp³-hybridized carbons (Fsp3) is 0.391. The molecule has 33 heavy (non-hydrogen) atoms. The summed E-state index contributed by atoms with van der Waals surface area (Å²) < 4.78 is 33.1. The minimum absolute atomic E-state index is 0.00604. The topological polar surface area (TPSA) is 96.0 Å². The smallest absolute Gasteiger partial charge is 0.262 e. The molecule has 2 aliphatic heterocycles. The van der Waals surface area contributed by atoms with E-state index in [4.69, 9.17) is 16.3 Å². The number of hydrogen-bond donors (Lipinski definition) is 1. The predicted octanol–water partition coefficient (Wildman–Crippen LogP) is 2.75. The van der Waals surface area contributed by atoms with Crippen molar-refractivity contribution in [2.24, 2.45) is 0 Å². The molecule has 0 bridgehead atoms. The average Bonchev–Trinajstić information content (AvgIpc) is 2.77. The van der Waals surface area contributed by atoms with E-state index in [1.807, 2.05) is 19.9 Å². The van der Waals surface area contributed by atoms with Gasteiger partial charge in [0.25, 0.3) is 5.91 Å². The van der Waals surface area contributed by atoms with Gasteiger partial charge in [0.05, 0.1) is 10.7 Å². The summed E-state index contributed by atoms with van der Waals surface area (Å²) in [4.78, 5) is 25.8. The molecule has 8 nitrogen and oxygen atoms in total. The fourth-order valence-corrected chi connectivity index (χ4v) is 6.06. The minimum atomic E-state index is -3.88. The number of fused-ring (bicyclic) bond motifs is 1. The van der Waals surface area contributed by atoms with Crippen LogP contribution in [-0.4, -0.2) is 62.2 Å². The third-order valence-corrected chi connectivity index (χ3v) is 8.35.